The number of hydrogen-bond acceptors (Lipinski definition) is 3. The Morgan fingerprint density at radius 3 is 2.78 bits per heavy atom. The van der Waals surface area contributed by atoms with E-state index in [-0.39, 0.29) is 11.9 Å². The van der Waals surface area contributed by atoms with Crippen LogP contribution in [0.3, 0.4) is 0 Å². The summed E-state index contributed by atoms with van der Waals surface area (Å²) in [5, 5.41) is 2.84. The maximum Gasteiger partial charge on any atom is 0.220 e. The van der Waals surface area contributed by atoms with Crippen molar-refractivity contribution in [3.8, 4) is 5.75 Å². The highest BCUT2D eigenvalue weighted by Crippen LogP contribution is 2.08. The molecule has 0 spiro atoms. The quantitative estimate of drug-likeness (QED) is 0.690. The van der Waals surface area contributed by atoms with Crippen molar-refractivity contribution < 1.29 is 9.53 Å². The highest BCUT2D eigenvalue weighted by atomic mass is 16.5. The zero-order valence-electron chi connectivity index (χ0n) is 10.9. The third kappa shape index (κ3) is 6.91. The lowest BCUT2D eigenvalue weighted by molar-refractivity contribution is -0.121. The van der Waals surface area contributed by atoms with Crippen LogP contribution in [0, 0.1) is 0 Å². The van der Waals surface area contributed by atoms with Crippen LogP contribution < -0.4 is 15.8 Å². The molecule has 0 aliphatic carbocycles. The first kappa shape index (κ1) is 14.5. The van der Waals surface area contributed by atoms with Crippen LogP contribution in [0.1, 0.15) is 26.2 Å². The van der Waals surface area contributed by atoms with E-state index < -0.39 is 0 Å². The first-order chi connectivity index (χ1) is 8.68. The number of ether oxygens (including phenoxy) is 1. The Balaban J connectivity index is 2.02. The average molecular weight is 250 g/mol. The van der Waals surface area contributed by atoms with E-state index in [1.54, 1.807) is 0 Å². The molecule has 0 aliphatic rings. The van der Waals surface area contributed by atoms with Gasteiger partial charge in [-0.3, -0.25) is 4.79 Å². The predicted octanol–water partition coefficient (Wildman–Crippen LogP) is 1.70. The molecule has 1 rings (SSSR count). The van der Waals surface area contributed by atoms with Crippen LogP contribution in [-0.2, 0) is 4.79 Å². The van der Waals surface area contributed by atoms with Gasteiger partial charge in [0, 0.05) is 19.0 Å². The van der Waals surface area contributed by atoms with Gasteiger partial charge in [0.2, 0.25) is 5.91 Å². The monoisotopic (exact) mass is 250 g/mol. The predicted molar refractivity (Wildman–Crippen MR) is 72.4 cm³/mol. The van der Waals surface area contributed by atoms with Crippen molar-refractivity contribution in [1.29, 1.82) is 0 Å². The van der Waals surface area contributed by atoms with Crippen LogP contribution in [0.4, 0.5) is 0 Å². The third-order valence-electron chi connectivity index (χ3n) is 2.48. The number of carbonyl (C=O) groups is 1. The normalized spacial score (nSPS) is 11.9. The summed E-state index contributed by atoms with van der Waals surface area (Å²) < 4.78 is 5.50. The summed E-state index contributed by atoms with van der Waals surface area (Å²) in [6, 6.07) is 9.74. The van der Waals surface area contributed by atoms with Gasteiger partial charge in [0.05, 0.1) is 6.61 Å². The molecule has 1 unspecified atom stereocenters. The number of nitrogens with two attached hydrogens (primary N) is 1. The van der Waals surface area contributed by atoms with Crippen molar-refractivity contribution in [3.05, 3.63) is 30.3 Å². The van der Waals surface area contributed by atoms with Gasteiger partial charge >= 0.3 is 0 Å². The highest BCUT2D eigenvalue weighted by molar-refractivity contribution is 5.75. The molecule has 1 aromatic rings. The Kier molecular flexibility index (Phi) is 6.87. The maximum atomic E-state index is 11.4. The van der Waals surface area contributed by atoms with E-state index in [1.165, 1.54) is 0 Å². The van der Waals surface area contributed by atoms with E-state index in [0.717, 1.165) is 18.6 Å². The van der Waals surface area contributed by atoms with Crippen molar-refractivity contribution >= 4 is 5.91 Å². The largest absolute Gasteiger partial charge is 0.494 e. The lowest BCUT2D eigenvalue weighted by atomic mass is 10.2. The number of rotatable bonds is 8. The van der Waals surface area contributed by atoms with Gasteiger partial charge in [0.25, 0.3) is 0 Å². The molecule has 0 aliphatic heterocycles. The Morgan fingerprint density at radius 1 is 1.39 bits per heavy atom. The molecule has 0 saturated carbocycles. The minimum Gasteiger partial charge on any atom is -0.494 e. The Morgan fingerprint density at radius 2 is 2.11 bits per heavy atom. The van der Waals surface area contributed by atoms with Crippen molar-refractivity contribution in [2.24, 2.45) is 5.73 Å². The molecular formula is C14H22N2O2. The summed E-state index contributed by atoms with van der Waals surface area (Å²) in [6.45, 7) is 3.14. The van der Waals surface area contributed by atoms with Gasteiger partial charge in [0.1, 0.15) is 5.75 Å². The minimum atomic E-state index is 0.0623. The Labute approximate surface area is 109 Å². The van der Waals surface area contributed by atoms with Crippen molar-refractivity contribution in [2.75, 3.05) is 13.2 Å². The number of nitrogens with one attached hydrogen (secondary N) is 1. The molecule has 1 atom stereocenters. The van der Waals surface area contributed by atoms with Gasteiger partial charge in [-0.25, -0.2) is 0 Å². The van der Waals surface area contributed by atoms with E-state index in [2.05, 4.69) is 5.32 Å². The molecule has 0 heterocycles. The van der Waals surface area contributed by atoms with E-state index in [9.17, 15) is 4.79 Å². The number of carbonyl (C=O) groups excluding carboxylic acids is 1. The van der Waals surface area contributed by atoms with Gasteiger partial charge < -0.3 is 15.8 Å². The van der Waals surface area contributed by atoms with Gasteiger partial charge in [-0.2, -0.15) is 0 Å². The lowest BCUT2D eigenvalue weighted by Gasteiger charge is -2.08. The van der Waals surface area contributed by atoms with Crippen LogP contribution in [-0.4, -0.2) is 25.1 Å². The number of amides is 1. The molecule has 1 amide bonds. The second kappa shape index (κ2) is 8.53. The van der Waals surface area contributed by atoms with Crippen LogP contribution in [0.15, 0.2) is 30.3 Å². The Hall–Kier alpha value is -1.55. The summed E-state index contributed by atoms with van der Waals surface area (Å²) in [4.78, 5) is 11.4. The van der Waals surface area contributed by atoms with Gasteiger partial charge in [-0.15, -0.1) is 0 Å². The standard InChI is InChI=1S/C14H22N2O2/c1-12(15)9-10-16-14(17)8-5-11-18-13-6-3-2-4-7-13/h2-4,6-7,12H,5,8-11,15H2,1H3,(H,16,17). The summed E-state index contributed by atoms with van der Waals surface area (Å²) in [5.74, 6) is 0.905. The topological polar surface area (TPSA) is 64.3 Å². The zero-order chi connectivity index (χ0) is 13.2. The van der Waals surface area contributed by atoms with Crippen molar-refractivity contribution in [3.63, 3.8) is 0 Å². The summed E-state index contributed by atoms with van der Waals surface area (Å²) in [6.07, 6.45) is 2.02. The number of para-hydroxylation sites is 1. The molecule has 1 aromatic carbocycles. The first-order valence-corrected chi connectivity index (χ1v) is 6.38. The van der Waals surface area contributed by atoms with Crippen LogP contribution in [0.25, 0.3) is 0 Å². The minimum absolute atomic E-state index is 0.0623. The zero-order valence-corrected chi connectivity index (χ0v) is 10.9. The third-order valence-corrected chi connectivity index (χ3v) is 2.48. The van der Waals surface area contributed by atoms with Crippen molar-refractivity contribution in [1.82, 2.24) is 5.32 Å². The SMILES string of the molecule is CC(N)CCNC(=O)CCCOc1ccccc1. The highest BCUT2D eigenvalue weighted by Gasteiger charge is 2.01. The molecule has 100 valence electrons. The second-order valence-corrected chi connectivity index (χ2v) is 4.38. The van der Waals surface area contributed by atoms with Crippen LogP contribution in [0.5, 0.6) is 5.75 Å². The van der Waals surface area contributed by atoms with Gasteiger partial charge in [-0.1, -0.05) is 18.2 Å². The lowest BCUT2D eigenvalue weighted by Crippen LogP contribution is -2.28. The Bertz CT molecular complexity index is 339. The molecule has 18 heavy (non-hydrogen) atoms. The fourth-order valence-corrected chi connectivity index (χ4v) is 1.47. The molecule has 0 bridgehead atoms. The molecule has 0 fully saturated rings. The summed E-state index contributed by atoms with van der Waals surface area (Å²) in [5.41, 5.74) is 5.59. The molecule has 4 heteroatoms. The summed E-state index contributed by atoms with van der Waals surface area (Å²) >= 11 is 0. The van der Waals surface area contributed by atoms with E-state index in [1.807, 2.05) is 37.3 Å². The first-order valence-electron chi connectivity index (χ1n) is 6.38. The average Bonchev–Trinajstić information content (AvgIpc) is 2.35. The number of hydrogen-bond donors (Lipinski definition) is 2. The van der Waals surface area contributed by atoms with E-state index in [4.69, 9.17) is 10.5 Å². The molecule has 3 N–H and O–H groups in total. The van der Waals surface area contributed by atoms with Gasteiger partial charge in [0.15, 0.2) is 0 Å². The maximum absolute atomic E-state index is 11.4. The molecule has 0 saturated heterocycles. The molecule has 0 radical (unpaired) electrons. The van der Waals surface area contributed by atoms with E-state index >= 15 is 0 Å². The molecule has 4 nitrogen and oxygen atoms in total. The summed E-state index contributed by atoms with van der Waals surface area (Å²) in [7, 11) is 0. The second-order valence-electron chi connectivity index (χ2n) is 4.38. The molecule has 0 aromatic heterocycles. The van der Waals surface area contributed by atoms with E-state index in [0.29, 0.717) is 19.6 Å². The number of benzene rings is 1. The van der Waals surface area contributed by atoms with Crippen LogP contribution in [0.2, 0.25) is 0 Å². The fourth-order valence-electron chi connectivity index (χ4n) is 1.47. The smallest absolute Gasteiger partial charge is 0.220 e. The van der Waals surface area contributed by atoms with Crippen molar-refractivity contribution in [2.45, 2.75) is 32.2 Å². The fraction of sp³-hybridized carbons (Fsp3) is 0.500. The van der Waals surface area contributed by atoms with Crippen LogP contribution >= 0.6 is 0 Å². The van der Waals surface area contributed by atoms with Gasteiger partial charge in [-0.05, 0) is 31.9 Å². The molecular weight excluding hydrogens is 228 g/mol.